The van der Waals surface area contributed by atoms with Gasteiger partial charge in [0.15, 0.2) is 11.5 Å². The number of carbonyl (C=O) groups is 2. The summed E-state index contributed by atoms with van der Waals surface area (Å²) in [5.41, 5.74) is 5.07. The Hall–Kier alpha value is -3.10. The lowest BCUT2D eigenvalue weighted by molar-refractivity contribution is -0.117. The summed E-state index contributed by atoms with van der Waals surface area (Å²) >= 11 is 0. The van der Waals surface area contributed by atoms with Crippen molar-refractivity contribution in [3.05, 3.63) is 53.1 Å². The maximum atomic E-state index is 13.5. The van der Waals surface area contributed by atoms with Crippen molar-refractivity contribution >= 4 is 17.5 Å². The van der Waals surface area contributed by atoms with Gasteiger partial charge in [-0.25, -0.2) is 5.48 Å². The molecule has 2 aliphatic rings. The zero-order valence-corrected chi connectivity index (χ0v) is 18.4. The molecular formula is C24H29N3O5. The predicted octanol–water partition coefficient (Wildman–Crippen LogP) is 3.51. The number of rotatable bonds is 10. The average molecular weight is 440 g/mol. The molecule has 0 bridgehead atoms. The lowest BCUT2D eigenvalue weighted by Crippen LogP contribution is -2.31. The lowest BCUT2D eigenvalue weighted by atomic mass is 10.0. The molecule has 32 heavy (non-hydrogen) atoms. The normalized spacial score (nSPS) is 16.0. The van der Waals surface area contributed by atoms with Gasteiger partial charge in [0.25, 0.3) is 5.91 Å². The van der Waals surface area contributed by atoms with Gasteiger partial charge >= 0.3 is 0 Å². The van der Waals surface area contributed by atoms with Crippen LogP contribution in [0, 0.1) is 5.92 Å². The molecule has 4 rings (SSSR count). The summed E-state index contributed by atoms with van der Waals surface area (Å²) in [7, 11) is 1.59. The minimum absolute atomic E-state index is 0.0257. The molecule has 2 aromatic carbocycles. The van der Waals surface area contributed by atoms with E-state index in [9.17, 15) is 14.8 Å². The lowest BCUT2D eigenvalue weighted by Gasteiger charge is -2.29. The van der Waals surface area contributed by atoms with Crippen molar-refractivity contribution in [3.8, 4) is 11.5 Å². The first kappa shape index (κ1) is 22.1. The molecule has 1 saturated carbocycles. The van der Waals surface area contributed by atoms with Crippen molar-refractivity contribution in [2.75, 3.05) is 25.6 Å². The molecule has 0 aromatic heterocycles. The van der Waals surface area contributed by atoms with Gasteiger partial charge in [0.2, 0.25) is 5.91 Å². The Kier molecular flexibility index (Phi) is 6.62. The summed E-state index contributed by atoms with van der Waals surface area (Å²) in [6, 6.07) is 10.9. The Bertz CT molecular complexity index is 1010. The van der Waals surface area contributed by atoms with Gasteiger partial charge in [-0.05, 0) is 55.5 Å². The molecule has 1 atom stereocenters. The molecule has 0 radical (unpaired) electrons. The van der Waals surface area contributed by atoms with Gasteiger partial charge in [-0.3, -0.25) is 9.59 Å². The van der Waals surface area contributed by atoms with Crippen LogP contribution in [0.5, 0.6) is 11.5 Å². The first-order valence-electron chi connectivity index (χ1n) is 11.0. The maximum Gasteiger partial charge on any atom is 0.257 e. The topological polar surface area (TPSA) is 100 Å². The van der Waals surface area contributed by atoms with Crippen LogP contribution >= 0.6 is 0 Å². The Morgan fingerprint density at radius 1 is 1.25 bits per heavy atom. The minimum Gasteiger partial charge on any atom is -0.493 e. The molecule has 3 N–H and O–H groups in total. The Labute approximate surface area is 187 Å². The van der Waals surface area contributed by atoms with Crippen molar-refractivity contribution in [1.29, 1.82) is 0 Å². The third kappa shape index (κ3) is 4.42. The third-order valence-corrected chi connectivity index (χ3v) is 5.95. The summed E-state index contributed by atoms with van der Waals surface area (Å²) in [6.45, 7) is 3.12. The molecule has 1 heterocycles. The Morgan fingerprint density at radius 3 is 2.75 bits per heavy atom. The van der Waals surface area contributed by atoms with Gasteiger partial charge in [-0.1, -0.05) is 18.2 Å². The van der Waals surface area contributed by atoms with Gasteiger partial charge in [0.05, 0.1) is 31.0 Å². The van der Waals surface area contributed by atoms with Crippen LogP contribution in [0.15, 0.2) is 36.4 Å². The first-order chi connectivity index (χ1) is 15.6. The van der Waals surface area contributed by atoms with Gasteiger partial charge in [0, 0.05) is 19.0 Å². The summed E-state index contributed by atoms with van der Waals surface area (Å²) < 4.78 is 11.1. The van der Waals surface area contributed by atoms with E-state index in [4.69, 9.17) is 9.47 Å². The van der Waals surface area contributed by atoms with E-state index >= 15 is 0 Å². The second kappa shape index (κ2) is 9.58. The quantitative estimate of drug-likeness (QED) is 0.490. The smallest absolute Gasteiger partial charge is 0.257 e. The van der Waals surface area contributed by atoms with E-state index in [2.05, 4.69) is 10.8 Å². The van der Waals surface area contributed by atoms with Crippen LogP contribution < -0.4 is 20.3 Å². The number of carbonyl (C=O) groups excluding carboxylic acids is 2. The van der Waals surface area contributed by atoms with E-state index in [1.54, 1.807) is 18.1 Å². The predicted molar refractivity (Wildman–Crippen MR) is 119 cm³/mol. The number of fused-ring (bicyclic) bond motifs is 1. The third-order valence-electron chi connectivity index (χ3n) is 5.95. The van der Waals surface area contributed by atoms with Crippen LogP contribution in [0.3, 0.4) is 0 Å². The van der Waals surface area contributed by atoms with Crippen LogP contribution in [0.4, 0.5) is 5.69 Å². The molecule has 2 amide bonds. The fraction of sp³-hybridized carbons (Fsp3) is 0.417. The van der Waals surface area contributed by atoms with E-state index in [0.29, 0.717) is 48.9 Å². The number of benzene rings is 2. The van der Waals surface area contributed by atoms with Gasteiger partial charge in [-0.15, -0.1) is 0 Å². The van der Waals surface area contributed by atoms with E-state index in [-0.39, 0.29) is 23.8 Å². The van der Waals surface area contributed by atoms with Crippen LogP contribution in [0.25, 0.3) is 0 Å². The molecule has 2 aromatic rings. The van der Waals surface area contributed by atoms with E-state index in [1.165, 1.54) is 0 Å². The molecule has 1 fully saturated rings. The summed E-state index contributed by atoms with van der Waals surface area (Å²) in [4.78, 5) is 27.6. The van der Waals surface area contributed by atoms with Crippen molar-refractivity contribution in [2.45, 2.75) is 38.8 Å². The van der Waals surface area contributed by atoms with E-state index in [0.717, 1.165) is 24.0 Å². The number of ether oxygens (including phenoxy) is 2. The van der Waals surface area contributed by atoms with Crippen LogP contribution in [-0.2, 0) is 11.3 Å². The molecule has 8 heteroatoms. The monoisotopic (exact) mass is 439 g/mol. The maximum absolute atomic E-state index is 13.5. The van der Waals surface area contributed by atoms with Gasteiger partial charge < -0.3 is 24.9 Å². The highest BCUT2D eigenvalue weighted by Gasteiger charge is 2.37. The van der Waals surface area contributed by atoms with Gasteiger partial charge in [-0.2, -0.15) is 0 Å². The van der Waals surface area contributed by atoms with Crippen molar-refractivity contribution in [2.24, 2.45) is 5.92 Å². The number of anilines is 1. The van der Waals surface area contributed by atoms with Crippen LogP contribution in [-0.4, -0.2) is 42.2 Å². The fourth-order valence-electron chi connectivity index (χ4n) is 4.19. The molecule has 8 nitrogen and oxygen atoms in total. The number of amides is 2. The number of nitrogens with zero attached hydrogens (tertiary/aromatic N) is 1. The van der Waals surface area contributed by atoms with Crippen molar-refractivity contribution in [3.63, 3.8) is 0 Å². The summed E-state index contributed by atoms with van der Waals surface area (Å²) in [5, 5.41) is 12.2. The van der Waals surface area contributed by atoms with Crippen LogP contribution in [0.1, 0.15) is 53.7 Å². The van der Waals surface area contributed by atoms with E-state index in [1.807, 2.05) is 37.3 Å². The van der Waals surface area contributed by atoms with E-state index < -0.39 is 0 Å². The Balaban J connectivity index is 1.65. The average Bonchev–Trinajstić information content (AvgIpc) is 3.59. The molecule has 170 valence electrons. The Morgan fingerprint density at radius 2 is 2.06 bits per heavy atom. The minimum atomic E-state index is -0.299. The molecule has 1 aliphatic carbocycles. The number of methoxy groups -OCH3 is 1. The number of nitrogens with one attached hydrogen (secondary N) is 2. The second-order valence-corrected chi connectivity index (χ2v) is 8.09. The number of hydrogen-bond acceptors (Lipinski definition) is 6. The summed E-state index contributed by atoms with van der Waals surface area (Å²) in [6.07, 6.45) is 2.30. The zero-order valence-electron chi connectivity index (χ0n) is 18.4. The second-order valence-electron chi connectivity index (χ2n) is 8.09. The fourth-order valence-corrected chi connectivity index (χ4v) is 4.19. The highest BCUT2D eigenvalue weighted by Crippen LogP contribution is 2.39. The molecule has 1 aliphatic heterocycles. The molecule has 0 spiro atoms. The molecule has 1 unspecified atom stereocenters. The standard InChI is InChI=1S/C24H29N3O5/c1-3-32-21-13-16(9-10-20(21)31-2)19(11-12-25-30)27-14-17-5-4-6-18(22(17)24(27)29)26-23(28)15-7-8-15/h4-6,9-10,13,15,19,25,30H,3,7-8,11-12,14H2,1-2H3,(H,26,28). The zero-order chi connectivity index (χ0) is 22.7. The van der Waals surface area contributed by atoms with Crippen molar-refractivity contribution in [1.82, 2.24) is 10.4 Å². The first-order valence-corrected chi connectivity index (χ1v) is 11.0. The molecule has 0 saturated heterocycles. The molecular weight excluding hydrogens is 410 g/mol. The highest BCUT2D eigenvalue weighted by molar-refractivity contribution is 6.07. The van der Waals surface area contributed by atoms with Gasteiger partial charge in [0.1, 0.15) is 0 Å². The van der Waals surface area contributed by atoms with Crippen LogP contribution in [0.2, 0.25) is 0 Å². The number of hydrogen-bond donors (Lipinski definition) is 3. The largest absolute Gasteiger partial charge is 0.493 e. The number of hydroxylamine groups is 1. The highest BCUT2D eigenvalue weighted by atomic mass is 16.5. The SMILES string of the molecule is CCOc1cc(C(CCNO)N2Cc3cccc(NC(=O)C4CC4)c3C2=O)ccc1OC. The van der Waals surface area contributed by atoms with Crippen molar-refractivity contribution < 1.29 is 24.3 Å². The summed E-state index contributed by atoms with van der Waals surface area (Å²) in [5.74, 6) is 1.12.